The van der Waals surface area contributed by atoms with E-state index in [1.54, 1.807) is 23.1 Å². The lowest BCUT2D eigenvalue weighted by Crippen LogP contribution is -2.41. The van der Waals surface area contributed by atoms with Gasteiger partial charge in [0.1, 0.15) is 11.6 Å². The van der Waals surface area contributed by atoms with Gasteiger partial charge in [0.2, 0.25) is 5.91 Å². The average Bonchev–Trinajstić information content (AvgIpc) is 3.14. The molecule has 0 radical (unpaired) electrons. The molecule has 1 aromatic heterocycles. The Balaban J connectivity index is 1.61. The summed E-state index contributed by atoms with van der Waals surface area (Å²) in [6.07, 6.45) is 5.26. The van der Waals surface area contributed by atoms with Crippen molar-refractivity contribution in [3.05, 3.63) is 60.3 Å². The summed E-state index contributed by atoms with van der Waals surface area (Å²) in [6, 6.07) is 8.33. The van der Waals surface area contributed by atoms with Gasteiger partial charge in [0, 0.05) is 19.2 Å². The Morgan fingerprint density at radius 3 is 2.44 bits per heavy atom. The quantitative estimate of drug-likeness (QED) is 0.619. The lowest BCUT2D eigenvalue weighted by molar-refractivity contribution is -0.126. The van der Waals surface area contributed by atoms with E-state index in [4.69, 9.17) is 4.42 Å². The van der Waals surface area contributed by atoms with Gasteiger partial charge < -0.3 is 9.32 Å². The summed E-state index contributed by atoms with van der Waals surface area (Å²) in [4.78, 5) is 13.9. The molecule has 3 rings (SSSR count). The molecule has 0 spiro atoms. The first kappa shape index (κ1) is 17.4. The maximum atomic E-state index is 13.0. The van der Waals surface area contributed by atoms with Gasteiger partial charge in [0.05, 0.1) is 16.4 Å². The van der Waals surface area contributed by atoms with Gasteiger partial charge in [-0.1, -0.05) is 0 Å². The third kappa shape index (κ3) is 3.99. The molecule has 0 aliphatic carbocycles. The van der Waals surface area contributed by atoms with Crippen LogP contribution in [-0.2, 0) is 14.6 Å². The molecule has 1 aliphatic heterocycles. The van der Waals surface area contributed by atoms with Gasteiger partial charge in [-0.25, -0.2) is 12.8 Å². The van der Waals surface area contributed by atoms with Crippen molar-refractivity contribution in [3.63, 3.8) is 0 Å². The van der Waals surface area contributed by atoms with Crippen molar-refractivity contribution in [3.8, 4) is 0 Å². The van der Waals surface area contributed by atoms with Crippen LogP contribution in [0.1, 0.15) is 18.6 Å². The van der Waals surface area contributed by atoms with Crippen molar-refractivity contribution in [1.82, 2.24) is 4.90 Å². The number of likely N-dealkylation sites (tertiary alicyclic amines) is 1. The Bertz CT molecular complexity index is 849. The first-order chi connectivity index (χ1) is 12.0. The van der Waals surface area contributed by atoms with Crippen LogP contribution in [-0.4, -0.2) is 37.6 Å². The van der Waals surface area contributed by atoms with Crippen molar-refractivity contribution >= 4 is 21.8 Å². The number of piperidine rings is 1. The van der Waals surface area contributed by atoms with Crippen LogP contribution >= 0.6 is 0 Å². The number of rotatable bonds is 4. The van der Waals surface area contributed by atoms with Gasteiger partial charge in [-0.05, 0) is 55.3 Å². The lowest BCUT2D eigenvalue weighted by atomic mass is 10.1. The minimum atomic E-state index is -3.51. The molecule has 1 amide bonds. The summed E-state index contributed by atoms with van der Waals surface area (Å²) in [5.74, 6) is -0.0566. The van der Waals surface area contributed by atoms with Crippen molar-refractivity contribution in [2.75, 3.05) is 13.1 Å². The molecule has 0 saturated carbocycles. The third-order valence-corrected chi connectivity index (χ3v) is 6.55. The highest BCUT2D eigenvalue weighted by Gasteiger charge is 2.32. The molecule has 0 N–H and O–H groups in total. The molecule has 2 heterocycles. The molecule has 25 heavy (non-hydrogen) atoms. The summed E-state index contributed by atoms with van der Waals surface area (Å²) >= 11 is 0. The molecule has 132 valence electrons. The van der Waals surface area contributed by atoms with E-state index >= 15 is 0 Å². The number of hydrogen-bond donors (Lipinski definition) is 0. The molecule has 1 aliphatic rings. The van der Waals surface area contributed by atoms with Gasteiger partial charge >= 0.3 is 0 Å². The SMILES string of the molecule is O=C(C=Cc1ccco1)N1CCC(S(=O)(=O)c2ccc(F)cc2)CC1. The predicted molar refractivity (Wildman–Crippen MR) is 90.9 cm³/mol. The van der Waals surface area contributed by atoms with Gasteiger partial charge in [0.15, 0.2) is 9.84 Å². The van der Waals surface area contributed by atoms with Crippen molar-refractivity contribution in [2.45, 2.75) is 23.0 Å². The molecule has 0 atom stereocenters. The Morgan fingerprint density at radius 2 is 1.84 bits per heavy atom. The van der Waals surface area contributed by atoms with Crippen LogP contribution in [0.4, 0.5) is 4.39 Å². The van der Waals surface area contributed by atoms with E-state index < -0.39 is 20.9 Å². The Morgan fingerprint density at radius 1 is 1.16 bits per heavy atom. The van der Waals surface area contributed by atoms with Crippen LogP contribution in [0.3, 0.4) is 0 Å². The minimum absolute atomic E-state index is 0.122. The zero-order valence-corrected chi connectivity index (χ0v) is 14.3. The number of nitrogens with zero attached hydrogens (tertiary/aromatic N) is 1. The fraction of sp³-hybridized carbons (Fsp3) is 0.278. The second-order valence-electron chi connectivity index (χ2n) is 5.87. The van der Waals surface area contributed by atoms with Gasteiger partial charge in [-0.3, -0.25) is 4.79 Å². The monoisotopic (exact) mass is 363 g/mol. The van der Waals surface area contributed by atoms with E-state index in [1.807, 2.05) is 0 Å². The molecule has 5 nitrogen and oxygen atoms in total. The first-order valence-corrected chi connectivity index (χ1v) is 9.51. The molecule has 1 aromatic carbocycles. The topological polar surface area (TPSA) is 67.6 Å². The number of halogens is 1. The first-order valence-electron chi connectivity index (χ1n) is 7.97. The van der Waals surface area contributed by atoms with Gasteiger partial charge in [-0.2, -0.15) is 0 Å². The molecule has 7 heteroatoms. The van der Waals surface area contributed by atoms with Crippen molar-refractivity contribution in [2.24, 2.45) is 0 Å². The normalized spacial score (nSPS) is 16.4. The van der Waals surface area contributed by atoms with Crippen LogP contribution in [0.15, 0.2) is 58.1 Å². The Labute approximate surface area is 145 Å². The second-order valence-corrected chi connectivity index (χ2v) is 8.10. The second kappa shape index (κ2) is 7.23. The molecule has 2 aromatic rings. The predicted octanol–water partition coefficient (Wildman–Crippen LogP) is 2.90. The molecule has 0 bridgehead atoms. The molecule has 0 unspecified atom stereocenters. The van der Waals surface area contributed by atoms with E-state index in [2.05, 4.69) is 0 Å². The van der Waals surface area contributed by atoms with E-state index in [0.29, 0.717) is 31.7 Å². The van der Waals surface area contributed by atoms with Gasteiger partial charge in [-0.15, -0.1) is 0 Å². The maximum absolute atomic E-state index is 13.0. The highest BCUT2D eigenvalue weighted by atomic mass is 32.2. The highest BCUT2D eigenvalue weighted by molar-refractivity contribution is 7.92. The fourth-order valence-corrected chi connectivity index (χ4v) is 4.58. The van der Waals surface area contributed by atoms with Crippen LogP contribution in [0.25, 0.3) is 6.08 Å². The zero-order valence-electron chi connectivity index (χ0n) is 13.5. The zero-order chi connectivity index (χ0) is 17.9. The number of amides is 1. The number of benzene rings is 1. The fourth-order valence-electron chi connectivity index (χ4n) is 2.85. The van der Waals surface area contributed by atoms with Crippen LogP contribution in [0, 0.1) is 5.82 Å². The van der Waals surface area contributed by atoms with E-state index in [-0.39, 0.29) is 10.8 Å². The van der Waals surface area contributed by atoms with E-state index in [1.165, 1.54) is 24.5 Å². The van der Waals surface area contributed by atoms with Gasteiger partial charge in [0.25, 0.3) is 0 Å². The van der Waals surface area contributed by atoms with Crippen LogP contribution < -0.4 is 0 Å². The number of carbonyl (C=O) groups is 1. The number of hydrogen-bond acceptors (Lipinski definition) is 4. The highest BCUT2D eigenvalue weighted by Crippen LogP contribution is 2.25. The van der Waals surface area contributed by atoms with Crippen molar-refractivity contribution in [1.29, 1.82) is 0 Å². The molecule has 1 saturated heterocycles. The number of sulfone groups is 1. The molecular weight excluding hydrogens is 345 g/mol. The number of carbonyl (C=O) groups excluding carboxylic acids is 1. The average molecular weight is 363 g/mol. The lowest BCUT2D eigenvalue weighted by Gasteiger charge is -2.31. The summed E-state index contributed by atoms with van der Waals surface area (Å²) in [6.45, 7) is 0.735. The van der Waals surface area contributed by atoms with Crippen LogP contribution in [0.2, 0.25) is 0 Å². The third-order valence-electron chi connectivity index (χ3n) is 4.27. The number of furan rings is 1. The van der Waals surface area contributed by atoms with Crippen LogP contribution in [0.5, 0.6) is 0 Å². The largest absolute Gasteiger partial charge is 0.465 e. The van der Waals surface area contributed by atoms with Crippen molar-refractivity contribution < 1.29 is 22.0 Å². The standard InChI is InChI=1S/C18H18FNO4S/c19-14-3-6-16(7-4-14)25(22,23)17-9-11-20(12-10-17)18(21)8-5-15-2-1-13-24-15/h1-8,13,17H,9-12H2. The summed E-state index contributed by atoms with van der Waals surface area (Å²) in [5.41, 5.74) is 0. The summed E-state index contributed by atoms with van der Waals surface area (Å²) < 4.78 is 43.3. The summed E-state index contributed by atoms with van der Waals surface area (Å²) in [5, 5.41) is -0.559. The Kier molecular flexibility index (Phi) is 5.03. The minimum Gasteiger partial charge on any atom is -0.465 e. The van der Waals surface area contributed by atoms with E-state index in [0.717, 1.165) is 12.1 Å². The Hall–Kier alpha value is -2.41. The smallest absolute Gasteiger partial charge is 0.246 e. The van der Waals surface area contributed by atoms with E-state index in [9.17, 15) is 17.6 Å². The summed E-state index contributed by atoms with van der Waals surface area (Å²) in [7, 11) is -3.51. The molecular formula is C18H18FNO4S. The molecule has 1 fully saturated rings. The maximum Gasteiger partial charge on any atom is 0.246 e.